The summed E-state index contributed by atoms with van der Waals surface area (Å²) in [4.78, 5) is 4.03. The van der Waals surface area contributed by atoms with E-state index in [9.17, 15) is 0 Å². The van der Waals surface area contributed by atoms with Gasteiger partial charge in [-0.25, -0.2) is 4.98 Å². The second-order valence-electron chi connectivity index (χ2n) is 3.92. The molecule has 0 bridgehead atoms. The molecular weight excluding hydrogens is 234 g/mol. The summed E-state index contributed by atoms with van der Waals surface area (Å²) < 4.78 is 0. The molecule has 1 unspecified atom stereocenters. The number of hydrogen-bond acceptors (Lipinski definition) is 3. The van der Waals surface area contributed by atoms with E-state index in [0.717, 1.165) is 11.1 Å². The Morgan fingerprint density at radius 2 is 2.06 bits per heavy atom. The maximum absolute atomic E-state index is 6.11. The van der Waals surface area contributed by atoms with Crippen LogP contribution in [0.3, 0.4) is 0 Å². The lowest BCUT2D eigenvalue weighted by Gasteiger charge is -2.13. The molecule has 1 atom stereocenters. The number of nitrogens with zero attached hydrogens (tertiary/aromatic N) is 1. The van der Waals surface area contributed by atoms with Gasteiger partial charge in [-0.3, -0.25) is 0 Å². The zero-order valence-corrected chi connectivity index (χ0v) is 10.1. The van der Waals surface area contributed by atoms with Gasteiger partial charge < -0.3 is 11.5 Å². The van der Waals surface area contributed by atoms with E-state index in [1.807, 2.05) is 36.4 Å². The van der Waals surface area contributed by atoms with Gasteiger partial charge in [-0.1, -0.05) is 29.8 Å². The van der Waals surface area contributed by atoms with Crippen molar-refractivity contribution in [1.29, 1.82) is 0 Å². The molecule has 2 rings (SSSR count). The average Bonchev–Trinajstić information content (AvgIpc) is 2.29. The third-order valence-electron chi connectivity index (χ3n) is 2.62. The van der Waals surface area contributed by atoms with Crippen molar-refractivity contribution in [2.45, 2.75) is 12.5 Å². The molecule has 0 spiro atoms. The van der Waals surface area contributed by atoms with Crippen molar-refractivity contribution in [1.82, 2.24) is 4.98 Å². The Morgan fingerprint density at radius 1 is 1.24 bits per heavy atom. The van der Waals surface area contributed by atoms with E-state index in [-0.39, 0.29) is 6.04 Å². The Morgan fingerprint density at radius 3 is 2.76 bits per heavy atom. The molecule has 1 aromatic carbocycles. The first-order valence-corrected chi connectivity index (χ1v) is 5.75. The van der Waals surface area contributed by atoms with Crippen LogP contribution in [0.2, 0.25) is 5.02 Å². The highest BCUT2D eigenvalue weighted by Gasteiger charge is 2.10. The van der Waals surface area contributed by atoms with Crippen molar-refractivity contribution in [2.24, 2.45) is 5.73 Å². The topological polar surface area (TPSA) is 64.9 Å². The zero-order valence-electron chi connectivity index (χ0n) is 9.31. The second-order valence-corrected chi connectivity index (χ2v) is 4.35. The smallest absolute Gasteiger partial charge is 0.128 e. The predicted molar refractivity (Wildman–Crippen MR) is 70.7 cm³/mol. The number of anilines is 1. The number of halogens is 1. The monoisotopic (exact) mass is 247 g/mol. The van der Waals surface area contributed by atoms with Crippen LogP contribution >= 0.6 is 11.6 Å². The third kappa shape index (κ3) is 2.96. The number of hydrogen-bond donors (Lipinski definition) is 2. The van der Waals surface area contributed by atoms with Crippen LogP contribution < -0.4 is 11.5 Å². The van der Waals surface area contributed by atoms with Crippen molar-refractivity contribution >= 4 is 17.4 Å². The Balaban J connectivity index is 2.17. The van der Waals surface area contributed by atoms with Crippen LogP contribution in [-0.2, 0) is 6.42 Å². The zero-order chi connectivity index (χ0) is 12.3. The summed E-state index contributed by atoms with van der Waals surface area (Å²) in [5.74, 6) is 0.488. The Labute approximate surface area is 105 Å². The normalized spacial score (nSPS) is 12.4. The summed E-state index contributed by atoms with van der Waals surface area (Å²) in [7, 11) is 0. The quantitative estimate of drug-likeness (QED) is 0.876. The van der Waals surface area contributed by atoms with Gasteiger partial charge in [0.25, 0.3) is 0 Å². The highest BCUT2D eigenvalue weighted by Crippen LogP contribution is 2.21. The molecule has 0 fully saturated rings. The first-order valence-electron chi connectivity index (χ1n) is 5.37. The van der Waals surface area contributed by atoms with E-state index in [1.165, 1.54) is 0 Å². The van der Waals surface area contributed by atoms with Gasteiger partial charge in [-0.15, -0.1) is 0 Å². The van der Waals surface area contributed by atoms with Gasteiger partial charge >= 0.3 is 0 Å². The van der Waals surface area contributed by atoms with Gasteiger partial charge in [0.15, 0.2) is 0 Å². The minimum absolute atomic E-state index is 0.165. The number of nitrogens with two attached hydrogens (primary N) is 2. The first-order chi connectivity index (χ1) is 8.16. The van der Waals surface area contributed by atoms with Crippen LogP contribution in [0.1, 0.15) is 17.2 Å². The van der Waals surface area contributed by atoms with E-state index in [2.05, 4.69) is 4.98 Å². The fourth-order valence-corrected chi connectivity index (χ4v) is 1.98. The molecule has 4 heteroatoms. The van der Waals surface area contributed by atoms with Gasteiger partial charge in [-0.2, -0.15) is 0 Å². The lowest BCUT2D eigenvalue weighted by molar-refractivity contribution is 0.721. The van der Waals surface area contributed by atoms with E-state index in [1.54, 1.807) is 6.20 Å². The fourth-order valence-electron chi connectivity index (χ4n) is 1.77. The molecule has 0 aliphatic rings. The molecular formula is C13H14ClN3. The predicted octanol–water partition coefficient (Wildman–Crippen LogP) is 2.56. The third-order valence-corrected chi connectivity index (χ3v) is 2.85. The van der Waals surface area contributed by atoms with Crippen molar-refractivity contribution in [2.75, 3.05) is 5.73 Å². The minimum atomic E-state index is -0.165. The molecule has 0 aliphatic carbocycles. The largest absolute Gasteiger partial charge is 0.383 e. The van der Waals surface area contributed by atoms with Gasteiger partial charge in [0.2, 0.25) is 0 Å². The number of aromatic nitrogens is 1. The van der Waals surface area contributed by atoms with Crippen molar-refractivity contribution in [3.63, 3.8) is 0 Å². The van der Waals surface area contributed by atoms with Crippen LogP contribution in [0.15, 0.2) is 42.6 Å². The molecule has 0 radical (unpaired) electrons. The van der Waals surface area contributed by atoms with Crippen molar-refractivity contribution in [3.8, 4) is 0 Å². The molecule has 3 nitrogen and oxygen atoms in total. The maximum atomic E-state index is 6.11. The van der Waals surface area contributed by atoms with E-state index in [0.29, 0.717) is 17.3 Å². The summed E-state index contributed by atoms with van der Waals surface area (Å²) in [5, 5.41) is 0.717. The SMILES string of the molecule is Nc1ncccc1C(N)Cc1cccc(Cl)c1. The highest BCUT2D eigenvalue weighted by atomic mass is 35.5. The first kappa shape index (κ1) is 11.9. The molecule has 0 aliphatic heterocycles. The lowest BCUT2D eigenvalue weighted by Crippen LogP contribution is -2.15. The van der Waals surface area contributed by atoms with E-state index >= 15 is 0 Å². The Hall–Kier alpha value is -1.58. The van der Waals surface area contributed by atoms with Crippen LogP contribution in [-0.4, -0.2) is 4.98 Å². The summed E-state index contributed by atoms with van der Waals surface area (Å²) in [6.45, 7) is 0. The van der Waals surface area contributed by atoms with Gasteiger partial charge in [-0.05, 0) is 30.2 Å². The number of pyridine rings is 1. The molecule has 1 heterocycles. The molecule has 4 N–H and O–H groups in total. The molecule has 1 aromatic heterocycles. The number of benzene rings is 1. The van der Waals surface area contributed by atoms with Crippen LogP contribution in [0.4, 0.5) is 5.82 Å². The maximum Gasteiger partial charge on any atom is 0.128 e. The number of nitrogen functional groups attached to an aromatic ring is 1. The average molecular weight is 248 g/mol. The van der Waals surface area contributed by atoms with Crippen LogP contribution in [0.25, 0.3) is 0 Å². The van der Waals surface area contributed by atoms with Gasteiger partial charge in [0.05, 0.1) is 0 Å². The van der Waals surface area contributed by atoms with Crippen LogP contribution in [0, 0.1) is 0 Å². The molecule has 88 valence electrons. The van der Waals surface area contributed by atoms with Gasteiger partial charge in [0.1, 0.15) is 5.82 Å². The van der Waals surface area contributed by atoms with Crippen LogP contribution in [0.5, 0.6) is 0 Å². The van der Waals surface area contributed by atoms with Crippen molar-refractivity contribution < 1.29 is 0 Å². The summed E-state index contributed by atoms with van der Waals surface area (Å²) in [6.07, 6.45) is 2.35. The minimum Gasteiger partial charge on any atom is -0.383 e. The molecule has 17 heavy (non-hydrogen) atoms. The lowest BCUT2D eigenvalue weighted by atomic mass is 10.0. The standard InChI is InChI=1S/C13H14ClN3/c14-10-4-1-3-9(7-10)8-12(15)11-5-2-6-17-13(11)16/h1-7,12H,8,15H2,(H2,16,17). The molecule has 0 saturated carbocycles. The van der Waals surface area contributed by atoms with E-state index < -0.39 is 0 Å². The molecule has 2 aromatic rings. The summed E-state index contributed by atoms with van der Waals surface area (Å²) >= 11 is 5.93. The molecule has 0 saturated heterocycles. The Kier molecular flexibility index (Phi) is 3.61. The van der Waals surface area contributed by atoms with Crippen molar-refractivity contribution in [3.05, 3.63) is 58.7 Å². The highest BCUT2D eigenvalue weighted by molar-refractivity contribution is 6.30. The van der Waals surface area contributed by atoms with E-state index in [4.69, 9.17) is 23.1 Å². The molecule has 0 amide bonds. The fraction of sp³-hybridized carbons (Fsp3) is 0.154. The summed E-state index contributed by atoms with van der Waals surface area (Å²) in [5.41, 5.74) is 13.9. The second kappa shape index (κ2) is 5.17. The summed E-state index contributed by atoms with van der Waals surface area (Å²) in [6, 6.07) is 11.2. The van der Waals surface area contributed by atoms with Gasteiger partial charge in [0, 0.05) is 22.8 Å². The number of rotatable bonds is 3. The Bertz CT molecular complexity index is 514.